The van der Waals surface area contributed by atoms with E-state index in [1.54, 1.807) is 22.3 Å². The van der Waals surface area contributed by atoms with Gasteiger partial charge in [0.15, 0.2) is 0 Å². The molecule has 0 spiro atoms. The van der Waals surface area contributed by atoms with Gasteiger partial charge >= 0.3 is 0 Å². The molecule has 0 N–H and O–H groups in total. The van der Waals surface area contributed by atoms with E-state index in [9.17, 15) is 0 Å². The molecule has 6 aromatic carbocycles. The third-order valence-electron chi connectivity index (χ3n) is 14.5. The smallest absolute Gasteiger partial charge is 0.00688 e. The molecule has 0 amide bonds. The Morgan fingerprint density at radius 1 is 0.404 bits per heavy atom. The third kappa shape index (κ3) is 4.86. The molecule has 3 saturated carbocycles. The van der Waals surface area contributed by atoms with Crippen LogP contribution in [-0.4, -0.2) is 0 Å². The van der Waals surface area contributed by atoms with Gasteiger partial charge in [-0.25, -0.2) is 0 Å². The van der Waals surface area contributed by atoms with Crippen molar-refractivity contribution < 1.29 is 0 Å². The van der Waals surface area contributed by atoms with E-state index in [-0.39, 0.29) is 5.41 Å². The normalized spacial score (nSPS) is 26.5. The van der Waals surface area contributed by atoms with Crippen LogP contribution in [-0.2, 0) is 11.8 Å². The van der Waals surface area contributed by atoms with E-state index in [0.29, 0.717) is 5.92 Å². The van der Waals surface area contributed by atoms with E-state index in [0.717, 1.165) is 23.7 Å². The van der Waals surface area contributed by atoms with Gasteiger partial charge in [0.05, 0.1) is 0 Å². The first-order chi connectivity index (χ1) is 25.7. The molecule has 0 saturated heterocycles. The van der Waals surface area contributed by atoms with Crippen molar-refractivity contribution in [3.63, 3.8) is 0 Å². The zero-order valence-corrected chi connectivity index (χ0v) is 30.2. The maximum Gasteiger partial charge on any atom is 0.00688 e. The first-order valence-corrected chi connectivity index (χ1v) is 20.3. The summed E-state index contributed by atoms with van der Waals surface area (Å²) in [6.45, 7) is 0. The molecule has 6 aromatic rings. The Labute approximate surface area is 310 Å². The van der Waals surface area contributed by atoms with Crippen molar-refractivity contribution in [2.75, 3.05) is 0 Å². The fourth-order valence-corrected chi connectivity index (χ4v) is 12.0. The molecule has 13 rings (SSSR count). The summed E-state index contributed by atoms with van der Waals surface area (Å²) < 4.78 is 0. The second kappa shape index (κ2) is 12.2. The second-order valence-electron chi connectivity index (χ2n) is 17.0. The first kappa shape index (κ1) is 30.9. The summed E-state index contributed by atoms with van der Waals surface area (Å²) in [5.41, 5.74) is 20.7. The van der Waals surface area contributed by atoms with Gasteiger partial charge in [0.1, 0.15) is 0 Å². The molecule has 7 aliphatic carbocycles. The van der Waals surface area contributed by atoms with Crippen LogP contribution in [0.25, 0.3) is 33.4 Å². The predicted molar refractivity (Wildman–Crippen MR) is 216 cm³/mol. The van der Waals surface area contributed by atoms with E-state index in [2.05, 4.69) is 140 Å². The van der Waals surface area contributed by atoms with Crippen molar-refractivity contribution in [3.05, 3.63) is 178 Å². The number of rotatable bonds is 7. The second-order valence-corrected chi connectivity index (χ2v) is 17.0. The minimum Gasteiger partial charge on any atom is -0.0622 e. The van der Waals surface area contributed by atoms with Crippen LogP contribution in [0.3, 0.4) is 0 Å². The van der Waals surface area contributed by atoms with E-state index < -0.39 is 0 Å². The van der Waals surface area contributed by atoms with Crippen LogP contribution in [0.5, 0.6) is 0 Å². The summed E-state index contributed by atoms with van der Waals surface area (Å²) in [5.74, 6) is 3.40. The quantitative estimate of drug-likeness (QED) is 0.158. The van der Waals surface area contributed by atoms with Gasteiger partial charge in [-0.1, -0.05) is 140 Å². The summed E-state index contributed by atoms with van der Waals surface area (Å²) in [5, 5.41) is 0. The summed E-state index contributed by atoms with van der Waals surface area (Å²) >= 11 is 0. The van der Waals surface area contributed by atoms with Crippen molar-refractivity contribution in [2.45, 2.75) is 99.2 Å². The minimum atomic E-state index is 0.0994. The van der Waals surface area contributed by atoms with E-state index >= 15 is 0 Å². The molecule has 7 aliphatic rings. The fraction of sp³-hybridized carbons (Fsp3) is 0.308. The third-order valence-corrected chi connectivity index (χ3v) is 14.5. The van der Waals surface area contributed by atoms with Crippen LogP contribution >= 0.6 is 0 Å². The van der Waals surface area contributed by atoms with Crippen molar-refractivity contribution >= 4 is 0 Å². The summed E-state index contributed by atoms with van der Waals surface area (Å²) in [6, 6.07) is 53.0. The molecule has 0 nitrogen and oxygen atoms in total. The molecule has 0 aromatic heterocycles. The van der Waals surface area contributed by atoms with Gasteiger partial charge < -0.3 is 0 Å². The molecule has 3 fully saturated rings. The Balaban J connectivity index is 1.11. The van der Waals surface area contributed by atoms with Crippen LogP contribution in [0.1, 0.15) is 126 Å². The monoisotopic (exact) mass is 672 g/mol. The topological polar surface area (TPSA) is 0 Å². The van der Waals surface area contributed by atoms with Gasteiger partial charge in [-0.15, -0.1) is 0 Å². The minimum absolute atomic E-state index is 0.0994. The lowest BCUT2D eigenvalue weighted by Gasteiger charge is -2.48. The lowest BCUT2D eigenvalue weighted by Crippen LogP contribution is -2.32. The molecular formula is C52H48. The number of hydrogen-bond acceptors (Lipinski definition) is 0. The van der Waals surface area contributed by atoms with E-state index in [1.165, 1.54) is 97.6 Å². The summed E-state index contributed by atoms with van der Waals surface area (Å²) in [4.78, 5) is 0. The van der Waals surface area contributed by atoms with Gasteiger partial charge in [-0.2, -0.15) is 0 Å². The highest BCUT2D eigenvalue weighted by molar-refractivity contribution is 5.80. The van der Waals surface area contributed by atoms with Crippen LogP contribution in [0, 0.1) is 0 Å². The summed E-state index contributed by atoms with van der Waals surface area (Å²) in [7, 11) is 0. The Bertz CT molecular complexity index is 2200. The zero-order chi connectivity index (χ0) is 34.2. The Morgan fingerprint density at radius 3 is 1.38 bits per heavy atom. The molecule has 0 heteroatoms. The molecule has 2 unspecified atom stereocenters. The molecular weight excluding hydrogens is 625 g/mol. The van der Waals surface area contributed by atoms with Crippen LogP contribution < -0.4 is 0 Å². The van der Waals surface area contributed by atoms with E-state index in [4.69, 9.17) is 0 Å². The van der Waals surface area contributed by atoms with Gasteiger partial charge in [0, 0.05) is 5.41 Å². The van der Waals surface area contributed by atoms with Gasteiger partial charge in [-0.3, -0.25) is 0 Å². The van der Waals surface area contributed by atoms with Crippen molar-refractivity contribution in [1.82, 2.24) is 0 Å². The summed E-state index contributed by atoms with van der Waals surface area (Å²) in [6.07, 6.45) is 13.5. The van der Waals surface area contributed by atoms with Crippen LogP contribution in [0.2, 0.25) is 0 Å². The Hall–Kier alpha value is -4.68. The van der Waals surface area contributed by atoms with E-state index in [1.807, 2.05) is 16.7 Å². The largest absolute Gasteiger partial charge is 0.0622 e. The molecule has 256 valence electrons. The van der Waals surface area contributed by atoms with Crippen LogP contribution in [0.4, 0.5) is 0 Å². The number of hydrogen-bond donors (Lipinski definition) is 0. The maximum atomic E-state index is 2.57. The first-order valence-electron chi connectivity index (χ1n) is 20.3. The highest BCUT2D eigenvalue weighted by atomic mass is 14.6. The fourth-order valence-electron chi connectivity index (χ4n) is 12.0. The highest BCUT2D eigenvalue weighted by Crippen LogP contribution is 2.67. The molecule has 0 aliphatic heterocycles. The van der Waals surface area contributed by atoms with Gasteiger partial charge in [0.2, 0.25) is 0 Å². The molecule has 52 heavy (non-hydrogen) atoms. The molecule has 4 bridgehead atoms. The lowest BCUT2D eigenvalue weighted by atomic mass is 9.56. The predicted octanol–water partition coefficient (Wildman–Crippen LogP) is 13.9. The molecule has 0 radical (unpaired) electrons. The molecule has 2 atom stereocenters. The van der Waals surface area contributed by atoms with Crippen molar-refractivity contribution in [3.8, 4) is 33.4 Å². The maximum absolute atomic E-state index is 2.57. The standard InChI is InChI=1S/C52H48/c1-4-11-34(12-5-1)36-19-21-37(22-20-36)46-33-52(46,44-18-10-17-43(31-44)35-13-6-2-7-14-35)32-45-47-39-23-27-41(28-24-39)49(47)51(38-15-8-3-9-16-38)50-42-29-25-40(26-30-42)48(45)50/h1-22,31,39-42,46H,23-30,32-33H2. The van der Waals surface area contributed by atoms with Crippen molar-refractivity contribution in [1.29, 1.82) is 0 Å². The average Bonchev–Trinajstić information content (AvgIpc) is 3.97. The van der Waals surface area contributed by atoms with Gasteiger partial charge in [-0.05, 0) is 166 Å². The average molecular weight is 673 g/mol. The molecule has 0 heterocycles. The van der Waals surface area contributed by atoms with Gasteiger partial charge in [0.25, 0.3) is 0 Å². The SMILES string of the molecule is c1ccc(-c2ccc(C3CC3(Cc3c4c(c(-c5ccccc5)c5c3C3CCC5CC3)C3CCC4CC3)c3cccc(-c4ccccc4)c3)cc2)cc1. The highest BCUT2D eigenvalue weighted by Gasteiger charge is 2.57. The lowest BCUT2D eigenvalue weighted by molar-refractivity contribution is 0.337. The van der Waals surface area contributed by atoms with Crippen LogP contribution in [0.15, 0.2) is 140 Å². The Kier molecular flexibility index (Phi) is 7.25. The number of fused-ring (bicyclic) bond motifs is 4. The zero-order valence-electron chi connectivity index (χ0n) is 30.2. The van der Waals surface area contributed by atoms with Crippen molar-refractivity contribution in [2.24, 2.45) is 0 Å². The number of benzene rings is 6. The Morgan fingerprint density at radius 2 is 0.846 bits per heavy atom.